The van der Waals surface area contributed by atoms with Gasteiger partial charge in [0.2, 0.25) is 0 Å². The normalized spacial score (nSPS) is 10.8. The summed E-state index contributed by atoms with van der Waals surface area (Å²) in [6.45, 7) is 17.4. The average molecular weight is 333 g/mol. The lowest BCUT2D eigenvalue weighted by molar-refractivity contribution is 0.319. The predicted molar refractivity (Wildman–Crippen MR) is 104 cm³/mol. The lowest BCUT2D eigenvalue weighted by Gasteiger charge is -2.15. The van der Waals surface area contributed by atoms with Crippen molar-refractivity contribution in [1.82, 2.24) is 0 Å². The predicted octanol–water partition coefficient (Wildman–Crippen LogP) is 7.32. The van der Waals surface area contributed by atoms with Crippen LogP contribution in [0.3, 0.4) is 0 Å². The van der Waals surface area contributed by atoms with Crippen molar-refractivity contribution >= 4 is 19.9 Å². The molecule has 21 heavy (non-hydrogen) atoms. The standard InChI is InChI=1S/C8H18OSi.C5H9Cl.C5H10/c1-5-6-7-8-9-10(2,3)4;1-2-3-4-5-6;1-3-5-4-2/h5-6H,7-8H2,1-4H3;4-5H,2-3H2,1H3;3H,1,4-5H2,2H3/b6-5-;5-4-;. The molecule has 0 aliphatic heterocycles. The third-order valence-electron chi connectivity index (χ3n) is 2.09. The van der Waals surface area contributed by atoms with Gasteiger partial charge >= 0.3 is 0 Å². The highest BCUT2D eigenvalue weighted by molar-refractivity contribution is 6.69. The molecule has 0 radical (unpaired) electrons. The van der Waals surface area contributed by atoms with E-state index in [1.807, 2.05) is 19.1 Å². The molecule has 0 bridgehead atoms. The van der Waals surface area contributed by atoms with E-state index in [0.29, 0.717) is 0 Å². The molecule has 1 nitrogen and oxygen atoms in total. The molecular weight excluding hydrogens is 296 g/mol. The van der Waals surface area contributed by atoms with Crippen LogP contribution < -0.4 is 0 Å². The largest absolute Gasteiger partial charge is 0.417 e. The van der Waals surface area contributed by atoms with Gasteiger partial charge in [-0.3, -0.25) is 0 Å². The van der Waals surface area contributed by atoms with E-state index in [9.17, 15) is 0 Å². The molecule has 0 aromatic rings. The first kappa shape index (κ1) is 25.6. The summed E-state index contributed by atoms with van der Waals surface area (Å²) in [4.78, 5) is 0. The molecule has 0 atom stereocenters. The third kappa shape index (κ3) is 45.1. The molecule has 0 saturated carbocycles. The van der Waals surface area contributed by atoms with E-state index < -0.39 is 8.32 Å². The van der Waals surface area contributed by atoms with Crippen molar-refractivity contribution in [3.05, 3.63) is 36.4 Å². The average Bonchev–Trinajstić information content (AvgIpc) is 2.43. The second-order valence-electron chi connectivity index (χ2n) is 5.55. The molecule has 0 heterocycles. The SMILES string of the molecule is C/C=C\CCO[Si](C)(C)C.C=CCCC.CCC/C=C\Cl. The zero-order chi connectivity index (χ0) is 17.0. The molecule has 0 amide bonds. The quantitative estimate of drug-likeness (QED) is 0.257. The van der Waals surface area contributed by atoms with Crippen LogP contribution in [0, 0.1) is 0 Å². The summed E-state index contributed by atoms with van der Waals surface area (Å²) >= 11 is 5.20. The van der Waals surface area contributed by atoms with Gasteiger partial charge in [0.25, 0.3) is 0 Å². The van der Waals surface area contributed by atoms with Crippen molar-refractivity contribution in [3.63, 3.8) is 0 Å². The van der Waals surface area contributed by atoms with Crippen molar-refractivity contribution in [1.29, 1.82) is 0 Å². The van der Waals surface area contributed by atoms with Crippen LogP contribution in [0.15, 0.2) is 36.4 Å². The summed E-state index contributed by atoms with van der Waals surface area (Å²) in [7, 11) is -1.24. The van der Waals surface area contributed by atoms with Crippen LogP contribution >= 0.6 is 11.6 Å². The number of hydrogen-bond acceptors (Lipinski definition) is 1. The fourth-order valence-electron chi connectivity index (χ4n) is 1.03. The smallest absolute Gasteiger partial charge is 0.183 e. The summed E-state index contributed by atoms with van der Waals surface area (Å²) in [5.74, 6) is 0. The summed E-state index contributed by atoms with van der Waals surface area (Å²) in [5.41, 5.74) is 1.56. The summed E-state index contributed by atoms with van der Waals surface area (Å²) in [5, 5.41) is 0. The Hall–Kier alpha value is -0.313. The second-order valence-corrected chi connectivity index (χ2v) is 10.3. The highest BCUT2D eigenvalue weighted by Crippen LogP contribution is 2.02. The third-order valence-corrected chi connectivity index (χ3v) is 3.34. The summed E-state index contributed by atoms with van der Waals surface area (Å²) in [6, 6.07) is 0. The first-order valence-electron chi connectivity index (χ1n) is 8.00. The van der Waals surface area contributed by atoms with Gasteiger partial charge in [-0.1, -0.05) is 62.6 Å². The molecule has 0 aliphatic rings. The molecule has 0 rings (SSSR count). The van der Waals surface area contributed by atoms with Gasteiger partial charge in [0, 0.05) is 12.1 Å². The Bertz CT molecular complexity index is 242. The molecule has 0 fully saturated rings. The van der Waals surface area contributed by atoms with Gasteiger partial charge in [-0.05, 0) is 45.8 Å². The molecule has 0 unspecified atom stereocenters. The van der Waals surface area contributed by atoms with E-state index in [1.54, 1.807) is 5.54 Å². The summed E-state index contributed by atoms with van der Waals surface area (Å²) < 4.78 is 5.62. The maximum absolute atomic E-state index is 5.62. The Morgan fingerprint density at radius 2 is 1.57 bits per heavy atom. The van der Waals surface area contributed by atoms with Crippen LogP contribution in [0.5, 0.6) is 0 Å². The lowest BCUT2D eigenvalue weighted by Crippen LogP contribution is -2.25. The monoisotopic (exact) mass is 332 g/mol. The highest BCUT2D eigenvalue weighted by Gasteiger charge is 2.12. The van der Waals surface area contributed by atoms with Gasteiger partial charge in [0.05, 0.1) is 0 Å². The minimum atomic E-state index is -1.24. The molecule has 0 aliphatic carbocycles. The van der Waals surface area contributed by atoms with Crippen LogP contribution in [0.4, 0.5) is 0 Å². The maximum Gasteiger partial charge on any atom is 0.183 e. The van der Waals surface area contributed by atoms with Crippen LogP contribution in [0.25, 0.3) is 0 Å². The first-order chi connectivity index (χ1) is 9.89. The minimum absolute atomic E-state index is 0.889. The van der Waals surface area contributed by atoms with Gasteiger partial charge in [-0.2, -0.15) is 0 Å². The van der Waals surface area contributed by atoms with Crippen LogP contribution in [-0.2, 0) is 4.43 Å². The lowest BCUT2D eigenvalue weighted by atomic mass is 10.3. The fraction of sp³-hybridized carbons (Fsp3) is 0.667. The Labute approximate surface area is 140 Å². The number of allylic oxidation sites excluding steroid dienone is 3. The van der Waals surface area contributed by atoms with E-state index in [4.69, 9.17) is 16.0 Å². The van der Waals surface area contributed by atoms with E-state index in [-0.39, 0.29) is 0 Å². The second kappa shape index (κ2) is 22.0. The highest BCUT2D eigenvalue weighted by atomic mass is 35.5. The molecule has 3 heteroatoms. The zero-order valence-electron chi connectivity index (χ0n) is 15.1. The van der Waals surface area contributed by atoms with Gasteiger partial charge in [0.15, 0.2) is 8.32 Å². The molecule has 126 valence electrons. The number of hydrogen-bond donors (Lipinski definition) is 0. The minimum Gasteiger partial charge on any atom is -0.417 e. The first-order valence-corrected chi connectivity index (χ1v) is 11.8. The molecule has 0 spiro atoms. The molecule has 0 aromatic carbocycles. The number of rotatable bonds is 8. The molecular formula is C18H37ClOSi. The molecule has 0 N–H and O–H groups in total. The van der Waals surface area contributed by atoms with Gasteiger partial charge < -0.3 is 4.43 Å². The van der Waals surface area contributed by atoms with Crippen molar-refractivity contribution in [2.75, 3.05) is 6.61 Å². The maximum atomic E-state index is 5.62. The van der Waals surface area contributed by atoms with Crippen molar-refractivity contribution < 1.29 is 4.43 Å². The summed E-state index contributed by atoms with van der Waals surface area (Å²) in [6.07, 6.45) is 13.8. The Morgan fingerprint density at radius 3 is 1.81 bits per heavy atom. The number of halogens is 1. The Balaban J connectivity index is -0.000000252. The number of unbranched alkanes of at least 4 members (excludes halogenated alkanes) is 2. The fourth-order valence-corrected chi connectivity index (χ4v) is 1.89. The topological polar surface area (TPSA) is 9.23 Å². The van der Waals surface area contributed by atoms with Gasteiger partial charge in [-0.15, -0.1) is 6.58 Å². The van der Waals surface area contributed by atoms with Crippen molar-refractivity contribution in [2.24, 2.45) is 0 Å². The molecule has 0 aromatic heterocycles. The van der Waals surface area contributed by atoms with Crippen molar-refractivity contribution in [3.8, 4) is 0 Å². The van der Waals surface area contributed by atoms with Gasteiger partial charge in [0.1, 0.15) is 0 Å². The van der Waals surface area contributed by atoms with Crippen LogP contribution in [-0.4, -0.2) is 14.9 Å². The zero-order valence-corrected chi connectivity index (χ0v) is 16.9. The van der Waals surface area contributed by atoms with Crippen molar-refractivity contribution in [2.45, 2.75) is 72.5 Å². The van der Waals surface area contributed by atoms with E-state index in [1.165, 1.54) is 12.8 Å². The Kier molecular flexibility index (Phi) is 26.8. The van der Waals surface area contributed by atoms with Gasteiger partial charge in [-0.25, -0.2) is 0 Å². The van der Waals surface area contributed by atoms with Crippen LogP contribution in [0.1, 0.15) is 52.9 Å². The Morgan fingerprint density at radius 1 is 1.00 bits per heavy atom. The van der Waals surface area contributed by atoms with E-state index in [2.05, 4.69) is 52.2 Å². The van der Waals surface area contributed by atoms with E-state index >= 15 is 0 Å². The molecule has 0 saturated heterocycles. The van der Waals surface area contributed by atoms with E-state index in [0.717, 1.165) is 25.9 Å². The van der Waals surface area contributed by atoms with Crippen LogP contribution in [0.2, 0.25) is 19.6 Å².